The first kappa shape index (κ1) is 10.5. The van der Waals surface area contributed by atoms with Crippen LogP contribution in [0.1, 0.15) is 31.9 Å². The van der Waals surface area contributed by atoms with Gasteiger partial charge < -0.3 is 9.73 Å². The van der Waals surface area contributed by atoms with Gasteiger partial charge >= 0.3 is 0 Å². The zero-order chi connectivity index (χ0) is 10.5. The average Bonchev–Trinajstić information content (AvgIpc) is 2.71. The maximum atomic E-state index is 5.34. The van der Waals surface area contributed by atoms with E-state index in [1.807, 2.05) is 12.1 Å². The Bertz CT molecular complexity index is 302. The third-order valence-electron chi connectivity index (χ3n) is 2.84. The Labute approximate surface area is 91.4 Å². The van der Waals surface area contributed by atoms with E-state index in [1.165, 1.54) is 19.3 Å². The van der Waals surface area contributed by atoms with Crippen molar-refractivity contribution in [1.29, 1.82) is 0 Å². The number of allylic oxidation sites excluding steroid dienone is 1. The van der Waals surface area contributed by atoms with Crippen molar-refractivity contribution >= 4 is 0 Å². The molecule has 0 saturated carbocycles. The molecule has 2 rings (SSSR count). The first-order valence-corrected chi connectivity index (χ1v) is 5.79. The fourth-order valence-electron chi connectivity index (χ4n) is 2.11. The van der Waals surface area contributed by atoms with E-state index in [4.69, 9.17) is 4.42 Å². The van der Waals surface area contributed by atoms with Gasteiger partial charge in [0.05, 0.1) is 6.26 Å². The molecule has 0 bridgehead atoms. The highest BCUT2D eigenvalue weighted by Crippen LogP contribution is 2.12. The van der Waals surface area contributed by atoms with E-state index in [-0.39, 0.29) is 0 Å². The van der Waals surface area contributed by atoms with Gasteiger partial charge in [0.1, 0.15) is 5.76 Å². The summed E-state index contributed by atoms with van der Waals surface area (Å²) in [5.41, 5.74) is 0. The van der Waals surface area contributed by atoms with Crippen LogP contribution in [0.3, 0.4) is 0 Å². The lowest BCUT2D eigenvalue weighted by Crippen LogP contribution is -2.37. The van der Waals surface area contributed by atoms with E-state index in [2.05, 4.69) is 24.4 Å². The zero-order valence-corrected chi connectivity index (χ0v) is 9.28. The molecule has 0 saturated heterocycles. The molecule has 0 radical (unpaired) electrons. The van der Waals surface area contributed by atoms with Gasteiger partial charge in [0.25, 0.3) is 0 Å². The van der Waals surface area contributed by atoms with E-state index in [0.717, 1.165) is 12.2 Å². The molecule has 2 unspecified atom stereocenters. The van der Waals surface area contributed by atoms with Gasteiger partial charge in [0.2, 0.25) is 0 Å². The van der Waals surface area contributed by atoms with E-state index < -0.39 is 0 Å². The second kappa shape index (κ2) is 5.17. The molecular weight excluding hydrogens is 186 g/mol. The SMILES string of the molecule is CC(Cc1ccco1)NC1C=CCCC1. The van der Waals surface area contributed by atoms with E-state index in [9.17, 15) is 0 Å². The van der Waals surface area contributed by atoms with Crippen LogP contribution in [0.5, 0.6) is 0 Å². The Morgan fingerprint density at radius 3 is 3.20 bits per heavy atom. The van der Waals surface area contributed by atoms with Crippen molar-refractivity contribution in [2.45, 2.75) is 44.7 Å². The summed E-state index contributed by atoms with van der Waals surface area (Å²) < 4.78 is 5.34. The Hall–Kier alpha value is -1.02. The highest BCUT2D eigenvalue weighted by atomic mass is 16.3. The van der Waals surface area contributed by atoms with Crippen LogP contribution in [-0.4, -0.2) is 12.1 Å². The molecule has 15 heavy (non-hydrogen) atoms. The maximum absolute atomic E-state index is 5.34. The Balaban J connectivity index is 1.79. The maximum Gasteiger partial charge on any atom is 0.105 e. The summed E-state index contributed by atoms with van der Waals surface area (Å²) in [4.78, 5) is 0. The van der Waals surface area contributed by atoms with E-state index in [0.29, 0.717) is 12.1 Å². The molecule has 0 aromatic carbocycles. The number of hydrogen-bond donors (Lipinski definition) is 1. The van der Waals surface area contributed by atoms with Crippen LogP contribution in [0.4, 0.5) is 0 Å². The molecule has 1 N–H and O–H groups in total. The van der Waals surface area contributed by atoms with Crippen molar-refractivity contribution in [3.63, 3.8) is 0 Å². The predicted octanol–water partition coefficient (Wildman–Crippen LogP) is 2.91. The number of furan rings is 1. The largest absolute Gasteiger partial charge is 0.469 e. The summed E-state index contributed by atoms with van der Waals surface area (Å²) in [6.07, 6.45) is 11.1. The topological polar surface area (TPSA) is 25.2 Å². The van der Waals surface area contributed by atoms with Crippen LogP contribution >= 0.6 is 0 Å². The van der Waals surface area contributed by atoms with E-state index >= 15 is 0 Å². The smallest absolute Gasteiger partial charge is 0.105 e. The summed E-state index contributed by atoms with van der Waals surface area (Å²) in [7, 11) is 0. The molecule has 1 aliphatic carbocycles. The highest BCUT2D eigenvalue weighted by Gasteiger charge is 2.12. The molecule has 0 amide bonds. The van der Waals surface area contributed by atoms with Crippen molar-refractivity contribution in [3.8, 4) is 0 Å². The van der Waals surface area contributed by atoms with Crippen molar-refractivity contribution in [2.24, 2.45) is 0 Å². The molecule has 2 nitrogen and oxygen atoms in total. The lowest BCUT2D eigenvalue weighted by molar-refractivity contribution is 0.420. The fourth-order valence-corrected chi connectivity index (χ4v) is 2.11. The van der Waals surface area contributed by atoms with Gasteiger partial charge in [-0.05, 0) is 38.3 Å². The molecule has 1 aromatic heterocycles. The third-order valence-corrected chi connectivity index (χ3v) is 2.84. The van der Waals surface area contributed by atoms with Crippen molar-refractivity contribution < 1.29 is 4.42 Å². The Morgan fingerprint density at radius 2 is 2.53 bits per heavy atom. The summed E-state index contributed by atoms with van der Waals surface area (Å²) in [5.74, 6) is 1.06. The van der Waals surface area contributed by atoms with Crippen LogP contribution in [0.15, 0.2) is 35.0 Å². The molecular formula is C13H19NO. The van der Waals surface area contributed by atoms with Crippen LogP contribution in [0.25, 0.3) is 0 Å². The van der Waals surface area contributed by atoms with Crippen LogP contribution in [0.2, 0.25) is 0 Å². The van der Waals surface area contributed by atoms with Gasteiger partial charge in [0, 0.05) is 18.5 Å². The zero-order valence-electron chi connectivity index (χ0n) is 9.28. The average molecular weight is 205 g/mol. The van der Waals surface area contributed by atoms with Crippen molar-refractivity contribution in [1.82, 2.24) is 5.32 Å². The molecule has 2 heteroatoms. The molecule has 1 heterocycles. The summed E-state index contributed by atoms with van der Waals surface area (Å²) >= 11 is 0. The lowest BCUT2D eigenvalue weighted by atomic mass is 10.0. The van der Waals surface area contributed by atoms with Crippen LogP contribution in [0, 0.1) is 0 Å². The number of rotatable bonds is 4. The predicted molar refractivity (Wildman–Crippen MR) is 61.8 cm³/mol. The molecule has 2 atom stereocenters. The Kier molecular flexibility index (Phi) is 3.62. The Morgan fingerprint density at radius 1 is 1.60 bits per heavy atom. The van der Waals surface area contributed by atoms with Crippen molar-refractivity contribution in [3.05, 3.63) is 36.3 Å². The van der Waals surface area contributed by atoms with Crippen molar-refractivity contribution in [2.75, 3.05) is 0 Å². The second-order valence-corrected chi connectivity index (χ2v) is 4.32. The fraction of sp³-hybridized carbons (Fsp3) is 0.538. The minimum absolute atomic E-state index is 0.476. The van der Waals surface area contributed by atoms with Gasteiger partial charge in [-0.15, -0.1) is 0 Å². The molecule has 1 aliphatic rings. The molecule has 0 aliphatic heterocycles. The second-order valence-electron chi connectivity index (χ2n) is 4.32. The molecule has 0 fully saturated rings. The van der Waals surface area contributed by atoms with Gasteiger partial charge in [-0.25, -0.2) is 0 Å². The van der Waals surface area contributed by atoms with Crippen LogP contribution < -0.4 is 5.32 Å². The highest BCUT2D eigenvalue weighted by molar-refractivity contribution is 5.02. The lowest BCUT2D eigenvalue weighted by Gasteiger charge is -2.22. The molecule has 0 spiro atoms. The van der Waals surface area contributed by atoms with Gasteiger partial charge in [0.15, 0.2) is 0 Å². The number of nitrogens with one attached hydrogen (secondary N) is 1. The first-order valence-electron chi connectivity index (χ1n) is 5.79. The van der Waals surface area contributed by atoms with Gasteiger partial charge in [-0.2, -0.15) is 0 Å². The van der Waals surface area contributed by atoms with Crippen LogP contribution in [-0.2, 0) is 6.42 Å². The monoisotopic (exact) mass is 205 g/mol. The van der Waals surface area contributed by atoms with Gasteiger partial charge in [-0.3, -0.25) is 0 Å². The molecule has 82 valence electrons. The minimum atomic E-state index is 0.476. The minimum Gasteiger partial charge on any atom is -0.469 e. The van der Waals surface area contributed by atoms with Gasteiger partial charge in [-0.1, -0.05) is 12.2 Å². The number of hydrogen-bond acceptors (Lipinski definition) is 2. The molecule has 1 aromatic rings. The third kappa shape index (κ3) is 3.24. The standard InChI is InChI=1S/C13H19NO/c1-11(10-13-8-5-9-15-13)14-12-6-3-2-4-7-12/h3,5-6,8-9,11-12,14H,2,4,7,10H2,1H3. The quantitative estimate of drug-likeness (QED) is 0.765. The normalized spacial score (nSPS) is 22.9. The summed E-state index contributed by atoms with van der Waals surface area (Å²) in [5, 5.41) is 3.61. The first-order chi connectivity index (χ1) is 7.34. The summed E-state index contributed by atoms with van der Waals surface area (Å²) in [6, 6.07) is 5.02. The van der Waals surface area contributed by atoms with E-state index in [1.54, 1.807) is 6.26 Å². The summed E-state index contributed by atoms with van der Waals surface area (Å²) in [6.45, 7) is 2.21.